The number of carbonyl (C=O) groups excluding carboxylic acids is 1. The molecule has 1 aliphatic heterocycles. The van der Waals surface area contributed by atoms with Crippen LogP contribution in [-0.2, 0) is 14.3 Å². The Morgan fingerprint density at radius 1 is 0.766 bits per heavy atom. The van der Waals surface area contributed by atoms with Gasteiger partial charge in [-0.15, -0.1) is 6.58 Å². The number of hydrogen-bond donors (Lipinski definition) is 1. The van der Waals surface area contributed by atoms with Crippen LogP contribution in [0, 0.1) is 0 Å². The van der Waals surface area contributed by atoms with E-state index >= 15 is 0 Å². The molecular formula is C42H79NO4. The zero-order valence-electron chi connectivity index (χ0n) is 31.7. The van der Waals surface area contributed by atoms with E-state index < -0.39 is 0 Å². The van der Waals surface area contributed by atoms with Gasteiger partial charge in [-0.1, -0.05) is 104 Å². The molecule has 0 aromatic rings. The largest absolute Gasteiger partial charge is 0.495 e. The van der Waals surface area contributed by atoms with Gasteiger partial charge in [0.05, 0.1) is 18.5 Å². The normalized spacial score (nSPS) is 17.1. The second kappa shape index (κ2) is 31.9. The molecule has 0 aliphatic carbocycles. The van der Waals surface area contributed by atoms with Gasteiger partial charge in [0, 0.05) is 19.4 Å². The van der Waals surface area contributed by atoms with Crippen LogP contribution >= 0.6 is 0 Å². The Labute approximate surface area is 292 Å². The Kier molecular flexibility index (Phi) is 29.7. The lowest BCUT2D eigenvalue weighted by Gasteiger charge is -2.27. The monoisotopic (exact) mass is 662 g/mol. The number of aliphatic hydroxyl groups excluding tert-OH is 1. The summed E-state index contributed by atoms with van der Waals surface area (Å²) in [4.78, 5) is 15.7. The van der Waals surface area contributed by atoms with Gasteiger partial charge in [0.15, 0.2) is 0 Å². The molecule has 1 aliphatic rings. The molecule has 47 heavy (non-hydrogen) atoms. The average molecular weight is 662 g/mol. The fourth-order valence-electron chi connectivity index (χ4n) is 6.96. The van der Waals surface area contributed by atoms with E-state index in [4.69, 9.17) is 9.47 Å². The fourth-order valence-corrected chi connectivity index (χ4v) is 6.96. The van der Waals surface area contributed by atoms with Gasteiger partial charge in [-0.25, -0.2) is 0 Å². The SMILES string of the molecule is C=CCCCCCCC(CC)O/C1=C(\CCC(=O)OC(CCCCCCCC)CCCCCCCC)CCCCN(CCO)CCC1. The van der Waals surface area contributed by atoms with Crippen LogP contribution in [0.25, 0.3) is 0 Å². The van der Waals surface area contributed by atoms with Crippen LogP contribution in [0.15, 0.2) is 24.0 Å². The lowest BCUT2D eigenvalue weighted by Crippen LogP contribution is -2.29. The third kappa shape index (κ3) is 24.5. The molecule has 0 radical (unpaired) electrons. The van der Waals surface area contributed by atoms with Crippen molar-refractivity contribution in [1.82, 2.24) is 4.90 Å². The van der Waals surface area contributed by atoms with E-state index in [0.29, 0.717) is 6.42 Å². The Morgan fingerprint density at radius 2 is 1.34 bits per heavy atom. The highest BCUT2D eigenvalue weighted by Gasteiger charge is 2.20. The quantitative estimate of drug-likeness (QED) is 0.0471. The molecule has 1 atom stereocenters. The molecule has 5 nitrogen and oxygen atoms in total. The molecular weight excluding hydrogens is 582 g/mol. The molecule has 0 aromatic heterocycles. The highest BCUT2D eigenvalue weighted by atomic mass is 16.5. The van der Waals surface area contributed by atoms with E-state index in [9.17, 15) is 9.90 Å². The van der Waals surface area contributed by atoms with Crippen LogP contribution in [0.2, 0.25) is 0 Å². The van der Waals surface area contributed by atoms with E-state index in [0.717, 1.165) is 96.0 Å². The molecule has 1 heterocycles. The Bertz CT molecular complexity index is 750. The first-order valence-electron chi connectivity index (χ1n) is 20.6. The van der Waals surface area contributed by atoms with Gasteiger partial charge < -0.3 is 19.5 Å². The minimum absolute atomic E-state index is 0.0170. The summed E-state index contributed by atoms with van der Waals surface area (Å²) in [5.41, 5.74) is 1.35. The summed E-state index contributed by atoms with van der Waals surface area (Å²) in [6.07, 6.45) is 34.2. The molecule has 0 saturated heterocycles. The number of ether oxygens (including phenoxy) is 2. The van der Waals surface area contributed by atoms with Gasteiger partial charge in [-0.2, -0.15) is 0 Å². The van der Waals surface area contributed by atoms with E-state index in [1.807, 2.05) is 6.08 Å². The van der Waals surface area contributed by atoms with Crippen molar-refractivity contribution in [2.75, 3.05) is 26.2 Å². The second-order valence-corrected chi connectivity index (χ2v) is 14.3. The van der Waals surface area contributed by atoms with Gasteiger partial charge in [0.1, 0.15) is 6.10 Å². The number of esters is 1. The molecule has 276 valence electrons. The number of carbonyl (C=O) groups is 1. The molecule has 5 heteroatoms. The van der Waals surface area contributed by atoms with E-state index in [2.05, 4.69) is 32.3 Å². The highest BCUT2D eigenvalue weighted by molar-refractivity contribution is 5.69. The fraction of sp³-hybridized carbons (Fsp3) is 0.881. The predicted molar refractivity (Wildman–Crippen MR) is 202 cm³/mol. The van der Waals surface area contributed by atoms with Crippen LogP contribution in [-0.4, -0.2) is 54.4 Å². The standard InChI is InChI=1S/C42H79NO4/c1-5-9-12-15-18-21-28-39(8-4)46-41-31-26-35-43(36-37-44)34-25-24-27-38(41)32-33-42(45)47-40(29-22-19-16-13-10-6-2)30-23-20-17-14-11-7-3/h5,39-40,44H,1,6-37H2,2-4H3/b41-38-. The molecule has 0 fully saturated rings. The first-order chi connectivity index (χ1) is 23.1. The smallest absolute Gasteiger partial charge is 0.306 e. The Hall–Kier alpha value is -1.33. The predicted octanol–water partition coefficient (Wildman–Crippen LogP) is 12.0. The Balaban J connectivity index is 2.86. The maximum atomic E-state index is 13.3. The minimum Gasteiger partial charge on any atom is -0.495 e. The summed E-state index contributed by atoms with van der Waals surface area (Å²) < 4.78 is 13.1. The van der Waals surface area contributed by atoms with Crippen LogP contribution in [0.3, 0.4) is 0 Å². The van der Waals surface area contributed by atoms with Crippen molar-refractivity contribution in [1.29, 1.82) is 0 Å². The van der Waals surface area contributed by atoms with Crippen LogP contribution in [0.1, 0.15) is 201 Å². The molecule has 1 rings (SSSR count). The van der Waals surface area contributed by atoms with E-state index in [1.165, 1.54) is 108 Å². The first kappa shape index (κ1) is 43.7. The number of rotatable bonds is 30. The third-order valence-electron chi connectivity index (χ3n) is 10.0. The summed E-state index contributed by atoms with van der Waals surface area (Å²) in [5.74, 6) is 1.13. The van der Waals surface area contributed by atoms with Crippen molar-refractivity contribution in [3.63, 3.8) is 0 Å². The summed E-state index contributed by atoms with van der Waals surface area (Å²) >= 11 is 0. The maximum absolute atomic E-state index is 13.3. The molecule has 1 N–H and O–H groups in total. The van der Waals surface area contributed by atoms with E-state index in [1.54, 1.807) is 0 Å². The van der Waals surface area contributed by atoms with Gasteiger partial charge in [-0.05, 0) is 109 Å². The number of unbranched alkanes of at least 4 members (excludes halogenated alkanes) is 14. The lowest BCUT2D eigenvalue weighted by molar-refractivity contribution is -0.149. The maximum Gasteiger partial charge on any atom is 0.306 e. The first-order valence-corrected chi connectivity index (χ1v) is 20.6. The minimum atomic E-state index is -0.0170. The number of allylic oxidation sites excluding steroid dienone is 3. The van der Waals surface area contributed by atoms with Crippen LogP contribution in [0.5, 0.6) is 0 Å². The lowest BCUT2D eigenvalue weighted by atomic mass is 9.98. The zero-order valence-corrected chi connectivity index (χ0v) is 31.7. The topological polar surface area (TPSA) is 59.0 Å². The Morgan fingerprint density at radius 3 is 1.94 bits per heavy atom. The zero-order chi connectivity index (χ0) is 34.2. The van der Waals surface area contributed by atoms with Crippen molar-refractivity contribution in [2.45, 2.75) is 213 Å². The third-order valence-corrected chi connectivity index (χ3v) is 10.0. The van der Waals surface area contributed by atoms with Crippen LogP contribution < -0.4 is 0 Å². The van der Waals surface area contributed by atoms with Gasteiger partial charge >= 0.3 is 5.97 Å². The van der Waals surface area contributed by atoms with Crippen molar-refractivity contribution in [2.24, 2.45) is 0 Å². The summed E-state index contributed by atoms with van der Waals surface area (Å²) in [6.45, 7) is 13.6. The van der Waals surface area contributed by atoms with Crippen molar-refractivity contribution >= 4 is 5.97 Å². The second-order valence-electron chi connectivity index (χ2n) is 14.3. The summed E-state index contributed by atoms with van der Waals surface area (Å²) in [5, 5.41) is 9.54. The molecule has 0 bridgehead atoms. The van der Waals surface area contributed by atoms with Crippen molar-refractivity contribution in [3.8, 4) is 0 Å². The van der Waals surface area contributed by atoms with Gasteiger partial charge in [0.2, 0.25) is 0 Å². The summed E-state index contributed by atoms with van der Waals surface area (Å²) in [7, 11) is 0. The average Bonchev–Trinajstić information content (AvgIpc) is 3.07. The van der Waals surface area contributed by atoms with Crippen LogP contribution in [0.4, 0.5) is 0 Å². The van der Waals surface area contributed by atoms with Gasteiger partial charge in [0.25, 0.3) is 0 Å². The number of nitrogens with zero attached hydrogens (tertiary/aromatic N) is 1. The molecule has 0 amide bonds. The van der Waals surface area contributed by atoms with Gasteiger partial charge in [-0.3, -0.25) is 4.79 Å². The number of aliphatic hydroxyl groups is 1. The molecule has 0 aromatic carbocycles. The number of β-amino-alcohol motifs (C(OH)–C–C–N with tert-alkyl or cyclic N) is 1. The number of hydrogen-bond acceptors (Lipinski definition) is 5. The van der Waals surface area contributed by atoms with Crippen molar-refractivity contribution < 1.29 is 19.4 Å². The molecule has 1 unspecified atom stereocenters. The highest BCUT2D eigenvalue weighted by Crippen LogP contribution is 2.28. The molecule has 0 saturated carbocycles. The summed E-state index contributed by atoms with van der Waals surface area (Å²) in [6, 6.07) is 0. The van der Waals surface area contributed by atoms with E-state index in [-0.39, 0.29) is 24.8 Å². The molecule has 0 spiro atoms. The van der Waals surface area contributed by atoms with Crippen molar-refractivity contribution in [3.05, 3.63) is 24.0 Å².